The number of rotatable bonds is 7. The maximum Gasteiger partial charge on any atom is 0.287 e. The van der Waals surface area contributed by atoms with Gasteiger partial charge in [-0.1, -0.05) is 0 Å². The Labute approximate surface area is 207 Å². The third kappa shape index (κ3) is 5.02. The van der Waals surface area contributed by atoms with Gasteiger partial charge in [-0.15, -0.1) is 0 Å². The number of methoxy groups -OCH3 is 2. The average molecular weight is 478 g/mol. The van der Waals surface area contributed by atoms with Gasteiger partial charge in [0.05, 0.1) is 14.2 Å². The fourth-order valence-corrected chi connectivity index (χ4v) is 4.74. The van der Waals surface area contributed by atoms with Gasteiger partial charge < -0.3 is 23.9 Å². The lowest BCUT2D eigenvalue weighted by molar-refractivity contribution is 0.0833. The number of fused-ring (bicyclic) bond motifs is 1. The van der Waals surface area contributed by atoms with E-state index in [-0.39, 0.29) is 11.5 Å². The van der Waals surface area contributed by atoms with Gasteiger partial charge in [0.1, 0.15) is 28.6 Å². The summed E-state index contributed by atoms with van der Waals surface area (Å²) in [6, 6.07) is 9.13. The molecule has 1 N–H and O–H groups in total. The Kier molecular flexibility index (Phi) is 6.84. The lowest BCUT2D eigenvalue weighted by Gasteiger charge is -2.35. The maximum atomic E-state index is 12.8. The number of benzene rings is 2. The monoisotopic (exact) mass is 477 g/mol. The van der Waals surface area contributed by atoms with Gasteiger partial charge in [-0.25, -0.2) is 0 Å². The molecule has 1 aliphatic heterocycles. The van der Waals surface area contributed by atoms with E-state index in [4.69, 9.17) is 18.6 Å². The van der Waals surface area contributed by atoms with Gasteiger partial charge in [0.15, 0.2) is 5.76 Å². The Bertz CT molecular complexity index is 1250. The molecule has 2 heterocycles. The molecule has 1 amide bonds. The molecule has 1 aromatic heterocycles. The van der Waals surface area contributed by atoms with Crippen LogP contribution in [-0.4, -0.2) is 25.7 Å². The second-order valence-corrected chi connectivity index (χ2v) is 9.83. The zero-order chi connectivity index (χ0) is 25.3. The summed E-state index contributed by atoms with van der Waals surface area (Å²) in [5.74, 6) is 3.19. The topological polar surface area (TPSA) is 69.9 Å². The molecule has 0 radical (unpaired) electrons. The molecule has 0 saturated carbocycles. The van der Waals surface area contributed by atoms with E-state index in [2.05, 4.69) is 39.9 Å². The number of carbonyl (C=O) groups is 1. The van der Waals surface area contributed by atoms with Crippen molar-refractivity contribution in [2.45, 2.75) is 66.0 Å². The van der Waals surface area contributed by atoms with Crippen LogP contribution in [0.1, 0.15) is 70.0 Å². The molecule has 0 spiro atoms. The van der Waals surface area contributed by atoms with Crippen LogP contribution in [0.5, 0.6) is 17.2 Å². The van der Waals surface area contributed by atoms with Crippen LogP contribution in [0, 0.1) is 20.8 Å². The highest BCUT2D eigenvalue weighted by Crippen LogP contribution is 2.41. The van der Waals surface area contributed by atoms with Crippen molar-refractivity contribution in [2.24, 2.45) is 0 Å². The minimum Gasteiger partial charge on any atom is -0.497 e. The van der Waals surface area contributed by atoms with Gasteiger partial charge in [0.25, 0.3) is 5.91 Å². The number of ether oxygens (including phenoxy) is 3. The SMILES string of the molecule is COc1ccc(CNC(=O)c2ccc(Cc3c(C)c(C)c4c(c3C)CCC(C)(C)O4)o2)c(OC)c1. The van der Waals surface area contributed by atoms with Crippen molar-refractivity contribution >= 4 is 5.91 Å². The lowest BCUT2D eigenvalue weighted by Crippen LogP contribution is -2.33. The molecule has 2 aromatic carbocycles. The van der Waals surface area contributed by atoms with Gasteiger partial charge in [0, 0.05) is 24.6 Å². The van der Waals surface area contributed by atoms with E-state index < -0.39 is 0 Å². The number of nitrogens with one attached hydrogen (secondary N) is 1. The Morgan fingerprint density at radius 3 is 2.51 bits per heavy atom. The highest BCUT2D eigenvalue weighted by atomic mass is 16.5. The third-order valence-electron chi connectivity index (χ3n) is 7.06. The second kappa shape index (κ2) is 9.68. The van der Waals surface area contributed by atoms with Crippen LogP contribution in [0.2, 0.25) is 0 Å². The van der Waals surface area contributed by atoms with Gasteiger partial charge in [0.2, 0.25) is 0 Å². The summed E-state index contributed by atoms with van der Waals surface area (Å²) in [5, 5.41) is 2.92. The minimum atomic E-state index is -0.264. The van der Waals surface area contributed by atoms with E-state index >= 15 is 0 Å². The first-order valence-electron chi connectivity index (χ1n) is 12.0. The van der Waals surface area contributed by atoms with Gasteiger partial charge in [-0.2, -0.15) is 0 Å². The van der Waals surface area contributed by atoms with Gasteiger partial charge >= 0.3 is 0 Å². The largest absolute Gasteiger partial charge is 0.497 e. The first-order chi connectivity index (χ1) is 16.6. The number of hydrogen-bond acceptors (Lipinski definition) is 5. The van der Waals surface area contributed by atoms with E-state index in [1.54, 1.807) is 26.4 Å². The van der Waals surface area contributed by atoms with Crippen LogP contribution in [0.25, 0.3) is 0 Å². The molecule has 0 aliphatic carbocycles. The summed E-state index contributed by atoms with van der Waals surface area (Å²) < 4.78 is 23.0. The van der Waals surface area contributed by atoms with Crippen molar-refractivity contribution in [3.63, 3.8) is 0 Å². The maximum absolute atomic E-state index is 12.8. The van der Waals surface area contributed by atoms with Crippen molar-refractivity contribution in [1.82, 2.24) is 5.32 Å². The van der Waals surface area contributed by atoms with E-state index in [0.29, 0.717) is 30.2 Å². The van der Waals surface area contributed by atoms with E-state index in [1.165, 1.54) is 27.8 Å². The van der Waals surface area contributed by atoms with Crippen molar-refractivity contribution in [3.8, 4) is 17.2 Å². The summed E-state index contributed by atoms with van der Waals surface area (Å²) in [6.45, 7) is 11.1. The zero-order valence-corrected chi connectivity index (χ0v) is 21.8. The quantitative estimate of drug-likeness (QED) is 0.462. The third-order valence-corrected chi connectivity index (χ3v) is 7.06. The average Bonchev–Trinajstić information content (AvgIpc) is 3.32. The van der Waals surface area contributed by atoms with Crippen LogP contribution in [0.4, 0.5) is 0 Å². The molecule has 6 heteroatoms. The summed E-state index contributed by atoms with van der Waals surface area (Å²) >= 11 is 0. The molecule has 0 saturated heterocycles. The zero-order valence-electron chi connectivity index (χ0n) is 21.8. The fourth-order valence-electron chi connectivity index (χ4n) is 4.74. The van der Waals surface area contributed by atoms with Crippen molar-refractivity contribution in [1.29, 1.82) is 0 Å². The number of amides is 1. The molecule has 0 fully saturated rings. The van der Waals surface area contributed by atoms with Crippen LogP contribution in [0.15, 0.2) is 34.7 Å². The number of hydrogen-bond donors (Lipinski definition) is 1. The Morgan fingerprint density at radius 2 is 1.80 bits per heavy atom. The molecule has 0 atom stereocenters. The molecule has 0 bridgehead atoms. The molecule has 1 aliphatic rings. The normalized spacial score (nSPS) is 14.1. The smallest absolute Gasteiger partial charge is 0.287 e. The molecular formula is C29H35NO5. The van der Waals surface area contributed by atoms with Crippen molar-refractivity contribution < 1.29 is 23.4 Å². The van der Waals surface area contributed by atoms with Gasteiger partial charge in [-0.05, 0) is 99.5 Å². The predicted octanol–water partition coefficient (Wildman–Crippen LogP) is 5.85. The van der Waals surface area contributed by atoms with Crippen LogP contribution in [0.3, 0.4) is 0 Å². The molecule has 0 unspecified atom stereocenters. The molecule has 4 rings (SSSR count). The summed E-state index contributed by atoms with van der Waals surface area (Å²) in [6.07, 6.45) is 2.63. The Balaban J connectivity index is 1.49. The van der Waals surface area contributed by atoms with E-state index in [1.807, 2.05) is 18.2 Å². The van der Waals surface area contributed by atoms with Crippen molar-refractivity contribution in [3.05, 3.63) is 75.2 Å². The summed E-state index contributed by atoms with van der Waals surface area (Å²) in [5.41, 5.74) is 6.91. The van der Waals surface area contributed by atoms with E-state index in [9.17, 15) is 4.79 Å². The molecule has 6 nitrogen and oxygen atoms in total. The van der Waals surface area contributed by atoms with E-state index in [0.717, 1.165) is 29.9 Å². The summed E-state index contributed by atoms with van der Waals surface area (Å²) in [7, 11) is 3.20. The Hall–Kier alpha value is -3.41. The second-order valence-electron chi connectivity index (χ2n) is 9.83. The minimum absolute atomic E-state index is 0.142. The van der Waals surface area contributed by atoms with Crippen LogP contribution < -0.4 is 19.5 Å². The first kappa shape index (κ1) is 24.7. The van der Waals surface area contributed by atoms with Crippen LogP contribution >= 0.6 is 0 Å². The molecule has 35 heavy (non-hydrogen) atoms. The first-order valence-corrected chi connectivity index (χ1v) is 12.0. The molecular weight excluding hydrogens is 442 g/mol. The van der Waals surface area contributed by atoms with Gasteiger partial charge in [-0.3, -0.25) is 4.79 Å². The highest BCUT2D eigenvalue weighted by Gasteiger charge is 2.30. The Morgan fingerprint density at radius 1 is 1.03 bits per heavy atom. The lowest BCUT2D eigenvalue weighted by atomic mass is 9.84. The molecule has 186 valence electrons. The van der Waals surface area contributed by atoms with Crippen LogP contribution in [-0.2, 0) is 19.4 Å². The predicted molar refractivity (Wildman–Crippen MR) is 136 cm³/mol. The number of furan rings is 1. The highest BCUT2D eigenvalue weighted by molar-refractivity contribution is 5.91. The standard InChI is InChI=1S/C29H35NO5/c1-17-18(2)27-23(12-13-29(4,5)35-27)19(3)24(17)14-22-10-11-25(34-22)28(31)30-16-20-8-9-21(32-6)15-26(20)33-7/h8-11,15H,12-14,16H2,1-7H3,(H,30,31). The number of carbonyl (C=O) groups excluding carboxylic acids is 1. The molecule has 3 aromatic rings. The fraction of sp³-hybridized carbons (Fsp3) is 0.414. The van der Waals surface area contributed by atoms with Crippen molar-refractivity contribution in [2.75, 3.05) is 14.2 Å². The summed E-state index contributed by atoms with van der Waals surface area (Å²) in [4.78, 5) is 12.8.